The number of hydrogen-bond donors (Lipinski definition) is 2. The van der Waals surface area contributed by atoms with Crippen LogP contribution in [-0.2, 0) is 24.5 Å². The van der Waals surface area contributed by atoms with Gasteiger partial charge in [-0.3, -0.25) is 14.5 Å². The van der Waals surface area contributed by atoms with Crippen LogP contribution < -0.4 is 4.74 Å². The van der Waals surface area contributed by atoms with Gasteiger partial charge in [0.25, 0.3) is 0 Å². The molecule has 2 aromatic rings. The summed E-state index contributed by atoms with van der Waals surface area (Å²) >= 11 is 0. The number of aromatic nitrogens is 1. The van der Waals surface area contributed by atoms with E-state index < -0.39 is 6.04 Å². The Kier molecular flexibility index (Phi) is 7.21. The lowest BCUT2D eigenvalue weighted by Crippen LogP contribution is -2.57. The van der Waals surface area contributed by atoms with Crippen LogP contribution in [0.15, 0.2) is 18.2 Å². The molecule has 10 heteroatoms. The molecule has 0 saturated carbocycles. The van der Waals surface area contributed by atoms with Gasteiger partial charge in [-0.1, -0.05) is 0 Å². The number of nitrogens with zero attached hydrogens (tertiary/aromatic N) is 3. The number of carbonyl (C=O) groups is 2. The SMILES string of the molecule is COCC(=O)N1CC2(CCN(C(=O)CN3CCOCC3)CC2)c2c([nH]c3cc(OC)ccc23)[C@H]1CO. The first-order valence-corrected chi connectivity index (χ1v) is 12.7. The molecule has 36 heavy (non-hydrogen) atoms. The highest BCUT2D eigenvalue weighted by atomic mass is 16.5. The first-order valence-electron chi connectivity index (χ1n) is 12.7. The number of ether oxygens (including phenoxy) is 3. The maximum atomic E-state index is 13.1. The van der Waals surface area contributed by atoms with E-state index in [1.807, 2.05) is 17.0 Å². The first kappa shape index (κ1) is 25.0. The lowest BCUT2D eigenvalue weighted by Gasteiger charge is -2.50. The number of H-pyrrole nitrogens is 1. The van der Waals surface area contributed by atoms with Crippen molar-refractivity contribution in [2.45, 2.75) is 24.3 Å². The Hall–Kier alpha value is -2.66. The number of benzene rings is 1. The molecule has 0 bridgehead atoms. The number of amides is 2. The van der Waals surface area contributed by atoms with Gasteiger partial charge in [0.2, 0.25) is 11.8 Å². The number of aromatic amines is 1. The largest absolute Gasteiger partial charge is 0.497 e. The van der Waals surface area contributed by atoms with E-state index in [2.05, 4.69) is 16.0 Å². The van der Waals surface area contributed by atoms with Gasteiger partial charge in [0.05, 0.1) is 39.5 Å². The number of methoxy groups -OCH3 is 2. The number of hydrogen-bond acceptors (Lipinski definition) is 7. The molecule has 3 aliphatic rings. The zero-order valence-corrected chi connectivity index (χ0v) is 21.1. The third kappa shape index (κ3) is 4.47. The number of aliphatic hydroxyl groups is 1. The molecule has 5 rings (SSSR count). The van der Waals surface area contributed by atoms with Crippen molar-refractivity contribution in [2.24, 2.45) is 0 Å². The van der Waals surface area contributed by atoms with Crippen molar-refractivity contribution < 1.29 is 28.9 Å². The Labute approximate surface area is 211 Å². The zero-order chi connectivity index (χ0) is 25.3. The molecule has 10 nitrogen and oxygen atoms in total. The average Bonchev–Trinajstić information content (AvgIpc) is 3.29. The van der Waals surface area contributed by atoms with Gasteiger partial charge in [0, 0.05) is 67.9 Å². The predicted molar refractivity (Wildman–Crippen MR) is 133 cm³/mol. The number of fused-ring (bicyclic) bond motifs is 4. The van der Waals surface area contributed by atoms with Gasteiger partial charge < -0.3 is 34.1 Å². The molecule has 1 aromatic heterocycles. The summed E-state index contributed by atoms with van der Waals surface area (Å²) in [4.78, 5) is 35.5. The number of piperidine rings is 1. The summed E-state index contributed by atoms with van der Waals surface area (Å²) in [5, 5.41) is 11.4. The van der Waals surface area contributed by atoms with E-state index in [0.29, 0.717) is 39.4 Å². The predicted octanol–water partition coefficient (Wildman–Crippen LogP) is 0.891. The fourth-order valence-corrected chi connectivity index (χ4v) is 6.12. The highest BCUT2D eigenvalue weighted by Gasteiger charge is 2.49. The van der Waals surface area contributed by atoms with Gasteiger partial charge in [0.15, 0.2) is 0 Å². The Balaban J connectivity index is 1.46. The zero-order valence-electron chi connectivity index (χ0n) is 21.1. The molecule has 0 unspecified atom stereocenters. The molecule has 1 spiro atoms. The maximum Gasteiger partial charge on any atom is 0.249 e. The van der Waals surface area contributed by atoms with E-state index in [9.17, 15) is 14.7 Å². The van der Waals surface area contributed by atoms with E-state index in [-0.39, 0.29) is 30.4 Å². The topological polar surface area (TPSA) is 108 Å². The first-order chi connectivity index (χ1) is 17.5. The van der Waals surface area contributed by atoms with E-state index in [0.717, 1.165) is 53.8 Å². The second kappa shape index (κ2) is 10.4. The van der Waals surface area contributed by atoms with Gasteiger partial charge in [0.1, 0.15) is 12.4 Å². The smallest absolute Gasteiger partial charge is 0.249 e. The molecule has 0 radical (unpaired) electrons. The third-order valence-corrected chi connectivity index (χ3v) is 8.04. The van der Waals surface area contributed by atoms with Crippen molar-refractivity contribution in [2.75, 3.05) is 79.9 Å². The molecular formula is C26H36N4O6. The molecule has 2 fully saturated rings. The van der Waals surface area contributed by atoms with Crippen molar-refractivity contribution in [3.05, 3.63) is 29.5 Å². The van der Waals surface area contributed by atoms with Crippen molar-refractivity contribution >= 4 is 22.7 Å². The van der Waals surface area contributed by atoms with Gasteiger partial charge in [-0.25, -0.2) is 0 Å². The van der Waals surface area contributed by atoms with Crippen LogP contribution in [0.3, 0.4) is 0 Å². The molecular weight excluding hydrogens is 464 g/mol. The minimum atomic E-state index is -0.479. The highest BCUT2D eigenvalue weighted by Crippen LogP contribution is 2.49. The number of rotatable bonds is 6. The quantitative estimate of drug-likeness (QED) is 0.607. The van der Waals surface area contributed by atoms with E-state index in [1.54, 1.807) is 12.0 Å². The molecule has 4 heterocycles. The van der Waals surface area contributed by atoms with Crippen LogP contribution in [0.5, 0.6) is 5.75 Å². The molecule has 0 aliphatic carbocycles. The molecule has 2 N–H and O–H groups in total. The maximum absolute atomic E-state index is 13.1. The number of likely N-dealkylation sites (tertiary alicyclic amines) is 1. The van der Waals surface area contributed by atoms with Gasteiger partial charge in [-0.2, -0.15) is 0 Å². The number of carbonyl (C=O) groups excluding carboxylic acids is 2. The van der Waals surface area contributed by atoms with Gasteiger partial charge in [-0.05, 0) is 30.5 Å². The van der Waals surface area contributed by atoms with Crippen LogP contribution in [0, 0.1) is 0 Å². The van der Waals surface area contributed by atoms with Crippen LogP contribution in [0.4, 0.5) is 0 Å². The molecule has 2 amide bonds. The van der Waals surface area contributed by atoms with Crippen molar-refractivity contribution in [1.82, 2.24) is 19.7 Å². The molecule has 1 aromatic carbocycles. The van der Waals surface area contributed by atoms with Gasteiger partial charge >= 0.3 is 0 Å². The second-order valence-electron chi connectivity index (χ2n) is 10.0. The van der Waals surface area contributed by atoms with Crippen LogP contribution >= 0.6 is 0 Å². The molecule has 3 aliphatic heterocycles. The summed E-state index contributed by atoms with van der Waals surface area (Å²) in [6.45, 7) is 4.83. The lowest BCUT2D eigenvalue weighted by molar-refractivity contribution is -0.143. The lowest BCUT2D eigenvalue weighted by atomic mass is 9.68. The standard InChI is InChI=1S/C26H36N4O6/c1-34-16-23(33)30-17-26(5-7-29(8-6-26)22(32)14-28-9-11-36-12-10-28)24-19-4-3-18(35-2)13-20(19)27-25(24)21(30)15-31/h3-4,13,21,27,31H,5-12,14-17H2,1-2H3/t21-/m1/s1. The number of nitrogens with one attached hydrogen (secondary N) is 1. The second-order valence-corrected chi connectivity index (χ2v) is 10.0. The Morgan fingerprint density at radius 2 is 1.89 bits per heavy atom. The van der Waals surface area contributed by atoms with E-state index in [4.69, 9.17) is 14.2 Å². The normalized spacial score (nSPS) is 22.1. The van der Waals surface area contributed by atoms with Crippen LogP contribution in [0.1, 0.15) is 30.1 Å². The number of aliphatic hydroxyl groups excluding tert-OH is 1. The van der Waals surface area contributed by atoms with Crippen molar-refractivity contribution in [1.29, 1.82) is 0 Å². The molecule has 2 saturated heterocycles. The monoisotopic (exact) mass is 500 g/mol. The molecule has 196 valence electrons. The summed E-state index contributed by atoms with van der Waals surface area (Å²) in [6.07, 6.45) is 1.48. The summed E-state index contributed by atoms with van der Waals surface area (Å²) in [6, 6.07) is 5.48. The summed E-state index contributed by atoms with van der Waals surface area (Å²) in [5.74, 6) is 0.738. The number of morpholine rings is 1. The van der Waals surface area contributed by atoms with Crippen LogP contribution in [-0.4, -0.2) is 117 Å². The minimum Gasteiger partial charge on any atom is -0.497 e. The fourth-order valence-electron chi connectivity index (χ4n) is 6.12. The highest BCUT2D eigenvalue weighted by molar-refractivity contribution is 5.89. The average molecular weight is 501 g/mol. The van der Waals surface area contributed by atoms with E-state index >= 15 is 0 Å². The van der Waals surface area contributed by atoms with Crippen molar-refractivity contribution in [3.8, 4) is 5.75 Å². The summed E-state index contributed by atoms with van der Waals surface area (Å²) < 4.78 is 16.0. The Morgan fingerprint density at radius 1 is 1.14 bits per heavy atom. The summed E-state index contributed by atoms with van der Waals surface area (Å²) in [5.41, 5.74) is 2.61. The van der Waals surface area contributed by atoms with Crippen molar-refractivity contribution in [3.63, 3.8) is 0 Å². The fraction of sp³-hybridized carbons (Fsp3) is 0.615. The van der Waals surface area contributed by atoms with Crippen LogP contribution in [0.2, 0.25) is 0 Å². The van der Waals surface area contributed by atoms with Gasteiger partial charge in [-0.15, -0.1) is 0 Å². The Bertz CT molecular complexity index is 1100. The summed E-state index contributed by atoms with van der Waals surface area (Å²) in [7, 11) is 3.14. The minimum absolute atomic E-state index is 0.0415. The molecule has 1 atom stereocenters. The Morgan fingerprint density at radius 3 is 2.56 bits per heavy atom. The van der Waals surface area contributed by atoms with Crippen LogP contribution in [0.25, 0.3) is 10.9 Å². The van der Waals surface area contributed by atoms with E-state index in [1.165, 1.54) is 7.11 Å². The third-order valence-electron chi connectivity index (χ3n) is 8.04.